The predicted octanol–water partition coefficient (Wildman–Crippen LogP) is 2.97. The highest BCUT2D eigenvalue weighted by atomic mass is 32.1. The quantitative estimate of drug-likeness (QED) is 0.941. The highest BCUT2D eigenvalue weighted by Gasteiger charge is 2.15. The molecule has 3 rings (SSSR count). The predicted molar refractivity (Wildman–Crippen MR) is 77.9 cm³/mol. The van der Waals surface area contributed by atoms with E-state index in [9.17, 15) is 4.79 Å². The van der Waals surface area contributed by atoms with E-state index in [1.807, 2.05) is 11.4 Å². The first-order valence-corrected chi connectivity index (χ1v) is 7.71. The van der Waals surface area contributed by atoms with E-state index in [0.29, 0.717) is 10.9 Å². The molecule has 1 aliphatic heterocycles. The molecule has 0 aliphatic carbocycles. The second-order valence-corrected chi connectivity index (χ2v) is 5.79. The number of piperidine rings is 1. The minimum absolute atomic E-state index is 0.246. The number of nitrogens with one attached hydrogen (secondary N) is 1. The molecule has 20 heavy (non-hydrogen) atoms. The Morgan fingerprint density at radius 2 is 2.20 bits per heavy atom. The zero-order valence-electron chi connectivity index (χ0n) is 11.2. The maximum absolute atomic E-state index is 12.0. The van der Waals surface area contributed by atoms with Crippen LogP contribution in [-0.4, -0.2) is 28.9 Å². The molecule has 5 nitrogen and oxygen atoms in total. The number of thiazole rings is 1. The molecule has 6 heteroatoms. The van der Waals surface area contributed by atoms with Crippen molar-refractivity contribution in [3.8, 4) is 0 Å². The zero-order chi connectivity index (χ0) is 13.8. The number of aromatic nitrogens is 1. The number of furan rings is 1. The molecule has 0 saturated carbocycles. The second kappa shape index (κ2) is 6.19. The van der Waals surface area contributed by atoms with Crippen LogP contribution in [-0.2, 0) is 6.54 Å². The van der Waals surface area contributed by atoms with E-state index in [-0.39, 0.29) is 5.91 Å². The molecule has 0 bridgehead atoms. The molecule has 0 radical (unpaired) electrons. The van der Waals surface area contributed by atoms with Crippen molar-refractivity contribution in [3.05, 3.63) is 35.2 Å². The summed E-state index contributed by atoms with van der Waals surface area (Å²) in [6.45, 7) is 3.01. The monoisotopic (exact) mass is 291 g/mol. The van der Waals surface area contributed by atoms with Gasteiger partial charge in [-0.3, -0.25) is 15.0 Å². The lowest BCUT2D eigenvalue weighted by molar-refractivity contribution is 0.0992. The fourth-order valence-corrected chi connectivity index (χ4v) is 2.89. The Labute approximate surface area is 121 Å². The number of anilines is 1. The molecular weight excluding hydrogens is 274 g/mol. The lowest BCUT2D eigenvalue weighted by Gasteiger charge is -2.25. The Morgan fingerprint density at radius 1 is 1.35 bits per heavy atom. The molecule has 2 aromatic rings. The third-order valence-corrected chi connectivity index (χ3v) is 4.05. The summed E-state index contributed by atoms with van der Waals surface area (Å²) in [5.74, 6) is 0.938. The highest BCUT2D eigenvalue weighted by Crippen LogP contribution is 2.17. The van der Waals surface area contributed by atoms with Crippen LogP contribution < -0.4 is 5.32 Å². The van der Waals surface area contributed by atoms with Gasteiger partial charge in [-0.05, 0) is 38.1 Å². The molecule has 3 heterocycles. The minimum Gasteiger partial charge on any atom is -0.455 e. The van der Waals surface area contributed by atoms with Crippen molar-refractivity contribution in [1.29, 1.82) is 0 Å². The van der Waals surface area contributed by atoms with Crippen LogP contribution in [0.15, 0.2) is 28.1 Å². The van der Waals surface area contributed by atoms with Gasteiger partial charge in [0.25, 0.3) is 5.91 Å². The Kier molecular flexibility index (Phi) is 4.13. The van der Waals surface area contributed by atoms with Crippen LogP contribution in [0.2, 0.25) is 0 Å². The molecule has 1 aliphatic rings. The topological polar surface area (TPSA) is 58.4 Å². The summed E-state index contributed by atoms with van der Waals surface area (Å²) in [6, 6.07) is 3.60. The number of carbonyl (C=O) groups excluding carboxylic acids is 1. The summed E-state index contributed by atoms with van der Waals surface area (Å²) in [5, 5.41) is 5.12. The van der Waals surface area contributed by atoms with Gasteiger partial charge < -0.3 is 4.42 Å². The van der Waals surface area contributed by atoms with E-state index in [1.54, 1.807) is 12.3 Å². The SMILES string of the molecule is O=C(Nc1nccs1)c1ccc(CN2CCCCC2)o1. The summed E-state index contributed by atoms with van der Waals surface area (Å²) in [7, 11) is 0. The van der Waals surface area contributed by atoms with Gasteiger partial charge in [-0.25, -0.2) is 4.98 Å². The summed E-state index contributed by atoms with van der Waals surface area (Å²) in [4.78, 5) is 18.4. The molecule has 1 saturated heterocycles. The van der Waals surface area contributed by atoms with Crippen molar-refractivity contribution in [2.75, 3.05) is 18.4 Å². The average Bonchev–Trinajstić information content (AvgIpc) is 3.11. The maximum Gasteiger partial charge on any atom is 0.293 e. The molecule has 1 fully saturated rings. The Hall–Kier alpha value is -1.66. The standard InChI is InChI=1S/C14H17N3O2S/c18-13(16-14-15-6-9-20-14)12-5-4-11(19-12)10-17-7-2-1-3-8-17/h4-6,9H,1-3,7-8,10H2,(H,15,16,18). The first-order valence-electron chi connectivity index (χ1n) is 6.83. The second-order valence-electron chi connectivity index (χ2n) is 4.89. The average molecular weight is 291 g/mol. The Morgan fingerprint density at radius 3 is 2.95 bits per heavy atom. The minimum atomic E-state index is -0.246. The van der Waals surface area contributed by atoms with Crippen LogP contribution in [0.4, 0.5) is 5.13 Å². The fraction of sp³-hybridized carbons (Fsp3) is 0.429. The molecule has 0 spiro atoms. The number of hydrogen-bond donors (Lipinski definition) is 1. The van der Waals surface area contributed by atoms with Crippen LogP contribution >= 0.6 is 11.3 Å². The molecule has 1 N–H and O–H groups in total. The summed E-state index contributed by atoms with van der Waals surface area (Å²) in [5.41, 5.74) is 0. The first-order chi connectivity index (χ1) is 9.81. The van der Waals surface area contributed by atoms with Gasteiger partial charge in [0.15, 0.2) is 10.9 Å². The summed E-state index contributed by atoms with van der Waals surface area (Å²) >= 11 is 1.39. The lowest BCUT2D eigenvalue weighted by atomic mass is 10.1. The van der Waals surface area contributed by atoms with Crippen LogP contribution in [0.25, 0.3) is 0 Å². The third kappa shape index (κ3) is 3.26. The van der Waals surface area contributed by atoms with Gasteiger partial charge in [-0.2, -0.15) is 0 Å². The Bertz CT molecular complexity index is 559. The number of amides is 1. The van der Waals surface area contributed by atoms with E-state index < -0.39 is 0 Å². The van der Waals surface area contributed by atoms with Gasteiger partial charge in [0.2, 0.25) is 0 Å². The maximum atomic E-state index is 12.0. The van der Waals surface area contributed by atoms with Gasteiger partial charge in [0.1, 0.15) is 5.76 Å². The lowest BCUT2D eigenvalue weighted by Crippen LogP contribution is -2.28. The van der Waals surface area contributed by atoms with Gasteiger partial charge in [-0.1, -0.05) is 6.42 Å². The fourth-order valence-electron chi connectivity index (χ4n) is 2.37. The van der Waals surface area contributed by atoms with Crippen molar-refractivity contribution in [3.63, 3.8) is 0 Å². The van der Waals surface area contributed by atoms with Gasteiger partial charge >= 0.3 is 0 Å². The first kappa shape index (κ1) is 13.3. The van der Waals surface area contributed by atoms with E-state index in [0.717, 1.165) is 25.4 Å². The molecule has 1 amide bonds. The summed E-state index contributed by atoms with van der Waals surface area (Å²) < 4.78 is 5.62. The summed E-state index contributed by atoms with van der Waals surface area (Å²) in [6.07, 6.45) is 5.47. The zero-order valence-corrected chi connectivity index (χ0v) is 12.0. The van der Waals surface area contributed by atoms with Crippen molar-refractivity contribution < 1.29 is 9.21 Å². The van der Waals surface area contributed by atoms with Gasteiger partial charge in [0, 0.05) is 11.6 Å². The molecule has 2 aromatic heterocycles. The molecule has 106 valence electrons. The van der Waals surface area contributed by atoms with Crippen molar-refractivity contribution in [2.24, 2.45) is 0 Å². The van der Waals surface area contributed by atoms with Crippen LogP contribution in [0.5, 0.6) is 0 Å². The van der Waals surface area contributed by atoms with Crippen LogP contribution in [0.3, 0.4) is 0 Å². The Balaban J connectivity index is 1.59. The van der Waals surface area contributed by atoms with Crippen LogP contribution in [0, 0.1) is 0 Å². The molecule has 0 unspecified atom stereocenters. The van der Waals surface area contributed by atoms with E-state index in [2.05, 4.69) is 15.2 Å². The molecule has 0 aromatic carbocycles. The third-order valence-electron chi connectivity index (χ3n) is 3.37. The highest BCUT2D eigenvalue weighted by molar-refractivity contribution is 7.13. The van der Waals surface area contributed by atoms with Crippen molar-refractivity contribution >= 4 is 22.4 Å². The number of rotatable bonds is 4. The normalized spacial score (nSPS) is 16.2. The molecular formula is C14H17N3O2S. The van der Waals surface area contributed by atoms with Crippen LogP contribution in [0.1, 0.15) is 35.6 Å². The van der Waals surface area contributed by atoms with E-state index >= 15 is 0 Å². The van der Waals surface area contributed by atoms with Gasteiger partial charge in [0.05, 0.1) is 6.54 Å². The van der Waals surface area contributed by atoms with E-state index in [4.69, 9.17) is 4.42 Å². The van der Waals surface area contributed by atoms with Crippen molar-refractivity contribution in [1.82, 2.24) is 9.88 Å². The van der Waals surface area contributed by atoms with E-state index in [1.165, 1.54) is 30.6 Å². The smallest absolute Gasteiger partial charge is 0.293 e. The number of hydrogen-bond acceptors (Lipinski definition) is 5. The number of nitrogens with zero attached hydrogens (tertiary/aromatic N) is 2. The van der Waals surface area contributed by atoms with Crippen molar-refractivity contribution in [2.45, 2.75) is 25.8 Å². The number of likely N-dealkylation sites (tertiary alicyclic amines) is 1. The molecule has 0 atom stereocenters. The largest absolute Gasteiger partial charge is 0.455 e. The van der Waals surface area contributed by atoms with Gasteiger partial charge in [-0.15, -0.1) is 11.3 Å². The number of carbonyl (C=O) groups is 1.